The second kappa shape index (κ2) is 5.91. The first-order chi connectivity index (χ1) is 10.6. The van der Waals surface area contributed by atoms with Crippen LogP contribution in [0.5, 0.6) is 11.5 Å². The number of thiophene rings is 1. The first kappa shape index (κ1) is 15.3. The molecule has 118 valence electrons. The molecule has 0 amide bonds. The van der Waals surface area contributed by atoms with Gasteiger partial charge in [-0.25, -0.2) is 8.42 Å². The van der Waals surface area contributed by atoms with Gasteiger partial charge in [0.2, 0.25) is 10.0 Å². The number of rotatable bonds is 4. The van der Waals surface area contributed by atoms with Crippen LogP contribution < -0.4 is 9.47 Å². The fourth-order valence-corrected chi connectivity index (χ4v) is 5.03. The van der Waals surface area contributed by atoms with Crippen molar-refractivity contribution in [2.24, 2.45) is 0 Å². The molecule has 1 aliphatic rings. The quantitative estimate of drug-likeness (QED) is 0.859. The van der Waals surface area contributed by atoms with Crippen LogP contribution in [-0.2, 0) is 23.0 Å². The van der Waals surface area contributed by atoms with Gasteiger partial charge in [0.05, 0.1) is 14.2 Å². The lowest BCUT2D eigenvalue weighted by Crippen LogP contribution is -2.35. The SMILES string of the molecule is COc1ccc(OC)c(S(=O)(=O)N2CCc3sccc3C2)c1. The molecule has 0 unspecified atom stereocenters. The van der Waals surface area contributed by atoms with Gasteiger partial charge in [0.25, 0.3) is 0 Å². The highest BCUT2D eigenvalue weighted by molar-refractivity contribution is 7.89. The first-order valence-corrected chi connectivity index (χ1v) is 9.15. The van der Waals surface area contributed by atoms with E-state index in [9.17, 15) is 8.42 Å². The minimum Gasteiger partial charge on any atom is -0.497 e. The van der Waals surface area contributed by atoms with Crippen molar-refractivity contribution in [1.29, 1.82) is 0 Å². The van der Waals surface area contributed by atoms with Crippen LogP contribution in [0.15, 0.2) is 34.5 Å². The number of fused-ring (bicyclic) bond motifs is 1. The maximum atomic E-state index is 13.0. The molecule has 0 saturated heterocycles. The first-order valence-electron chi connectivity index (χ1n) is 6.83. The van der Waals surface area contributed by atoms with Crippen LogP contribution in [0.3, 0.4) is 0 Å². The van der Waals surface area contributed by atoms with Crippen molar-refractivity contribution in [1.82, 2.24) is 4.31 Å². The van der Waals surface area contributed by atoms with Crippen molar-refractivity contribution in [3.05, 3.63) is 40.1 Å². The van der Waals surface area contributed by atoms with E-state index in [2.05, 4.69) is 0 Å². The predicted octanol–water partition coefficient (Wildman–Crippen LogP) is 2.51. The summed E-state index contributed by atoms with van der Waals surface area (Å²) in [6.45, 7) is 0.887. The van der Waals surface area contributed by atoms with E-state index in [0.717, 1.165) is 12.0 Å². The van der Waals surface area contributed by atoms with Crippen molar-refractivity contribution in [3.8, 4) is 11.5 Å². The third kappa shape index (κ3) is 2.60. The van der Waals surface area contributed by atoms with Gasteiger partial charge in [-0.3, -0.25) is 0 Å². The molecule has 0 spiro atoms. The van der Waals surface area contributed by atoms with Crippen molar-refractivity contribution in [3.63, 3.8) is 0 Å². The maximum absolute atomic E-state index is 13.0. The summed E-state index contributed by atoms with van der Waals surface area (Å²) in [7, 11) is -0.648. The summed E-state index contributed by atoms with van der Waals surface area (Å²) in [6, 6.07) is 6.80. The van der Waals surface area contributed by atoms with E-state index < -0.39 is 10.0 Å². The molecule has 0 radical (unpaired) electrons. The minimum atomic E-state index is -3.63. The topological polar surface area (TPSA) is 55.8 Å². The predicted molar refractivity (Wildman–Crippen MR) is 85.2 cm³/mol. The molecule has 2 heterocycles. The van der Waals surface area contributed by atoms with Crippen LogP contribution >= 0.6 is 11.3 Å². The summed E-state index contributed by atoms with van der Waals surface area (Å²) in [6.07, 6.45) is 0.749. The van der Waals surface area contributed by atoms with Gasteiger partial charge in [-0.05, 0) is 35.6 Å². The summed E-state index contributed by atoms with van der Waals surface area (Å²) >= 11 is 1.68. The zero-order valence-corrected chi connectivity index (χ0v) is 14.0. The lowest BCUT2D eigenvalue weighted by atomic mass is 10.1. The molecule has 3 rings (SSSR count). The number of benzene rings is 1. The Morgan fingerprint density at radius 1 is 1.18 bits per heavy atom. The minimum absolute atomic E-state index is 0.146. The van der Waals surface area contributed by atoms with Crippen LogP contribution in [0.25, 0.3) is 0 Å². The molecular weight excluding hydrogens is 322 g/mol. The van der Waals surface area contributed by atoms with E-state index in [4.69, 9.17) is 9.47 Å². The number of methoxy groups -OCH3 is 2. The highest BCUT2D eigenvalue weighted by atomic mass is 32.2. The van der Waals surface area contributed by atoms with Crippen molar-refractivity contribution in [2.45, 2.75) is 17.9 Å². The molecule has 7 heteroatoms. The highest BCUT2D eigenvalue weighted by Crippen LogP contribution is 2.33. The Balaban J connectivity index is 2.00. The Morgan fingerprint density at radius 2 is 2.00 bits per heavy atom. The van der Waals surface area contributed by atoms with Gasteiger partial charge >= 0.3 is 0 Å². The highest BCUT2D eigenvalue weighted by Gasteiger charge is 2.31. The fraction of sp³-hybridized carbons (Fsp3) is 0.333. The molecular formula is C15H17NO4S2. The lowest BCUT2D eigenvalue weighted by molar-refractivity contribution is 0.375. The molecule has 1 aliphatic heterocycles. The summed E-state index contributed by atoms with van der Waals surface area (Å²) in [5.41, 5.74) is 1.08. The van der Waals surface area contributed by atoms with Gasteiger partial charge in [0.1, 0.15) is 16.4 Å². The maximum Gasteiger partial charge on any atom is 0.247 e. The van der Waals surface area contributed by atoms with Gasteiger partial charge in [0.15, 0.2) is 0 Å². The summed E-state index contributed by atoms with van der Waals surface area (Å²) in [5.74, 6) is 0.824. The molecule has 1 aromatic heterocycles. The molecule has 0 saturated carbocycles. The summed E-state index contributed by atoms with van der Waals surface area (Å²) < 4.78 is 37.8. The van der Waals surface area contributed by atoms with Crippen LogP contribution in [0, 0.1) is 0 Å². The van der Waals surface area contributed by atoms with E-state index >= 15 is 0 Å². The van der Waals surface area contributed by atoms with Crippen LogP contribution in [0.2, 0.25) is 0 Å². The number of nitrogens with zero attached hydrogens (tertiary/aromatic N) is 1. The Hall–Kier alpha value is -1.57. The van der Waals surface area contributed by atoms with E-state index in [1.54, 1.807) is 23.5 Å². The third-order valence-corrected chi connectivity index (χ3v) is 6.65. The van der Waals surface area contributed by atoms with Crippen LogP contribution in [-0.4, -0.2) is 33.5 Å². The van der Waals surface area contributed by atoms with E-state index in [1.165, 1.54) is 29.5 Å². The Morgan fingerprint density at radius 3 is 2.73 bits per heavy atom. The number of sulfonamides is 1. The van der Waals surface area contributed by atoms with Crippen molar-refractivity contribution in [2.75, 3.05) is 20.8 Å². The second-order valence-electron chi connectivity index (χ2n) is 4.97. The zero-order chi connectivity index (χ0) is 15.7. The second-order valence-corrected chi connectivity index (χ2v) is 7.88. The van der Waals surface area contributed by atoms with Gasteiger partial charge in [-0.2, -0.15) is 4.31 Å². The summed E-state index contributed by atoms with van der Waals surface area (Å²) in [5, 5.41) is 2.01. The monoisotopic (exact) mass is 339 g/mol. The number of hydrogen-bond acceptors (Lipinski definition) is 5. The average Bonchev–Trinajstić information content (AvgIpc) is 3.01. The fourth-order valence-electron chi connectivity index (χ4n) is 2.55. The van der Waals surface area contributed by atoms with Crippen LogP contribution in [0.1, 0.15) is 10.4 Å². The van der Waals surface area contributed by atoms with E-state index in [0.29, 0.717) is 24.6 Å². The largest absolute Gasteiger partial charge is 0.497 e. The lowest BCUT2D eigenvalue weighted by Gasteiger charge is -2.27. The summed E-state index contributed by atoms with van der Waals surface area (Å²) in [4.78, 5) is 1.41. The number of hydrogen-bond donors (Lipinski definition) is 0. The van der Waals surface area contributed by atoms with Crippen molar-refractivity contribution < 1.29 is 17.9 Å². The van der Waals surface area contributed by atoms with Gasteiger partial charge in [-0.1, -0.05) is 0 Å². The molecule has 5 nitrogen and oxygen atoms in total. The van der Waals surface area contributed by atoms with E-state index in [-0.39, 0.29) is 4.90 Å². The molecule has 0 aliphatic carbocycles. The Labute approximate surface area is 134 Å². The third-order valence-electron chi connectivity index (χ3n) is 3.76. The normalized spacial score (nSPS) is 15.4. The van der Waals surface area contributed by atoms with Crippen LogP contribution in [0.4, 0.5) is 0 Å². The van der Waals surface area contributed by atoms with Gasteiger partial charge in [0, 0.05) is 24.0 Å². The standard InChI is InChI=1S/C15H17NO4S2/c1-19-12-3-4-13(20-2)15(9-12)22(17,18)16-7-5-14-11(10-16)6-8-21-14/h3-4,6,8-9H,5,7,10H2,1-2H3. The molecule has 0 N–H and O–H groups in total. The molecule has 1 aromatic carbocycles. The van der Waals surface area contributed by atoms with Crippen molar-refractivity contribution >= 4 is 21.4 Å². The average molecular weight is 339 g/mol. The van der Waals surface area contributed by atoms with E-state index in [1.807, 2.05) is 11.4 Å². The Bertz CT molecular complexity index is 783. The molecule has 0 fully saturated rings. The molecule has 22 heavy (non-hydrogen) atoms. The smallest absolute Gasteiger partial charge is 0.247 e. The number of ether oxygens (including phenoxy) is 2. The molecule has 0 atom stereocenters. The zero-order valence-electron chi connectivity index (χ0n) is 12.4. The molecule has 0 bridgehead atoms. The Kier molecular flexibility index (Phi) is 4.12. The molecule has 2 aromatic rings. The van der Waals surface area contributed by atoms with Gasteiger partial charge in [-0.15, -0.1) is 11.3 Å². The van der Waals surface area contributed by atoms with Gasteiger partial charge < -0.3 is 9.47 Å².